The number of aryl methyl sites for hydroxylation is 1. The standard InChI is InChI=1S/C31H25Cl2N3O5/c1-3-40-28-15-20(10-13-27(28)41-31(39)25-12-11-23(32)17-26(25)33)18-34-36-30(38)22-8-5-9-24(16-22)35-29(37)21-7-4-6-19(2)14-21/h4-18H,3H2,1-2H3,(H,35,37)(H,36,38). The van der Waals surface area contributed by atoms with E-state index in [-0.39, 0.29) is 22.2 Å². The zero-order valence-corrected chi connectivity index (χ0v) is 23.6. The molecular formula is C31H25Cl2N3O5. The van der Waals surface area contributed by atoms with Crippen LogP contribution >= 0.6 is 23.2 Å². The van der Waals surface area contributed by atoms with E-state index >= 15 is 0 Å². The molecule has 0 aromatic heterocycles. The largest absolute Gasteiger partial charge is 0.490 e. The van der Waals surface area contributed by atoms with E-state index in [1.54, 1.807) is 73.7 Å². The number of nitrogens with one attached hydrogen (secondary N) is 2. The van der Waals surface area contributed by atoms with Crippen molar-refractivity contribution >= 4 is 52.9 Å². The molecule has 4 aromatic rings. The molecule has 0 aliphatic heterocycles. The summed E-state index contributed by atoms with van der Waals surface area (Å²) >= 11 is 12.0. The highest BCUT2D eigenvalue weighted by molar-refractivity contribution is 6.36. The zero-order chi connectivity index (χ0) is 29.4. The molecule has 0 aliphatic carbocycles. The van der Waals surface area contributed by atoms with Crippen molar-refractivity contribution in [3.63, 3.8) is 0 Å². The Kier molecular flexibility index (Phi) is 9.73. The Hall–Kier alpha value is -4.66. The lowest BCUT2D eigenvalue weighted by Crippen LogP contribution is -2.18. The number of hydrogen-bond acceptors (Lipinski definition) is 6. The second-order valence-electron chi connectivity index (χ2n) is 8.76. The third-order valence-corrected chi connectivity index (χ3v) is 6.21. The highest BCUT2D eigenvalue weighted by Crippen LogP contribution is 2.30. The van der Waals surface area contributed by atoms with E-state index in [0.717, 1.165) is 5.56 Å². The maximum absolute atomic E-state index is 12.7. The smallest absolute Gasteiger partial charge is 0.345 e. The van der Waals surface area contributed by atoms with E-state index in [1.807, 2.05) is 13.0 Å². The van der Waals surface area contributed by atoms with Crippen LogP contribution in [0.3, 0.4) is 0 Å². The molecule has 208 valence electrons. The van der Waals surface area contributed by atoms with Crippen molar-refractivity contribution < 1.29 is 23.9 Å². The molecule has 0 saturated carbocycles. The Labute approximate surface area is 246 Å². The molecule has 0 fully saturated rings. The van der Waals surface area contributed by atoms with Gasteiger partial charge in [-0.15, -0.1) is 0 Å². The number of hydrazone groups is 1. The van der Waals surface area contributed by atoms with E-state index < -0.39 is 11.9 Å². The summed E-state index contributed by atoms with van der Waals surface area (Å²) in [5, 5.41) is 7.38. The first-order valence-electron chi connectivity index (χ1n) is 12.5. The highest BCUT2D eigenvalue weighted by Gasteiger charge is 2.16. The van der Waals surface area contributed by atoms with Gasteiger partial charge in [-0.1, -0.05) is 47.0 Å². The lowest BCUT2D eigenvalue weighted by molar-refractivity contribution is 0.0728. The average molecular weight is 590 g/mol. The van der Waals surface area contributed by atoms with Crippen LogP contribution in [0, 0.1) is 6.92 Å². The van der Waals surface area contributed by atoms with Gasteiger partial charge in [0.2, 0.25) is 0 Å². The molecule has 4 aromatic carbocycles. The molecule has 2 N–H and O–H groups in total. The van der Waals surface area contributed by atoms with E-state index in [4.69, 9.17) is 32.7 Å². The van der Waals surface area contributed by atoms with Crippen molar-refractivity contribution in [2.24, 2.45) is 5.10 Å². The van der Waals surface area contributed by atoms with Crippen LogP contribution in [0.25, 0.3) is 0 Å². The SMILES string of the molecule is CCOc1cc(C=NNC(=O)c2cccc(NC(=O)c3cccc(C)c3)c2)ccc1OC(=O)c1ccc(Cl)cc1Cl. The van der Waals surface area contributed by atoms with Gasteiger partial charge in [-0.3, -0.25) is 9.59 Å². The summed E-state index contributed by atoms with van der Waals surface area (Å²) in [6.07, 6.45) is 1.42. The summed E-state index contributed by atoms with van der Waals surface area (Å²) in [5.41, 5.74) is 5.47. The van der Waals surface area contributed by atoms with Crippen molar-refractivity contribution in [3.8, 4) is 11.5 Å². The zero-order valence-electron chi connectivity index (χ0n) is 22.1. The van der Waals surface area contributed by atoms with Gasteiger partial charge in [0, 0.05) is 21.8 Å². The fraction of sp³-hybridized carbons (Fsp3) is 0.0968. The Bertz CT molecular complexity index is 1640. The van der Waals surface area contributed by atoms with Crippen LogP contribution in [-0.2, 0) is 0 Å². The highest BCUT2D eigenvalue weighted by atomic mass is 35.5. The topological polar surface area (TPSA) is 106 Å². The third kappa shape index (κ3) is 7.94. The van der Waals surface area contributed by atoms with Crippen LogP contribution in [0.4, 0.5) is 5.69 Å². The number of anilines is 1. The minimum absolute atomic E-state index is 0.158. The summed E-state index contributed by atoms with van der Waals surface area (Å²) in [7, 11) is 0. The van der Waals surface area contributed by atoms with Crippen molar-refractivity contribution in [2.75, 3.05) is 11.9 Å². The van der Waals surface area contributed by atoms with Crippen molar-refractivity contribution in [2.45, 2.75) is 13.8 Å². The van der Waals surface area contributed by atoms with Gasteiger partial charge >= 0.3 is 5.97 Å². The van der Waals surface area contributed by atoms with Crippen molar-refractivity contribution in [3.05, 3.63) is 123 Å². The number of ether oxygens (including phenoxy) is 2. The van der Waals surface area contributed by atoms with Gasteiger partial charge in [-0.2, -0.15) is 5.10 Å². The summed E-state index contributed by atoms with van der Waals surface area (Å²) in [6.45, 7) is 4.02. The van der Waals surface area contributed by atoms with Crippen molar-refractivity contribution in [1.82, 2.24) is 5.43 Å². The molecule has 0 heterocycles. The van der Waals surface area contributed by atoms with Gasteiger partial charge in [-0.25, -0.2) is 10.2 Å². The Balaban J connectivity index is 1.41. The average Bonchev–Trinajstić information content (AvgIpc) is 2.94. The molecule has 4 rings (SSSR count). The minimum Gasteiger partial charge on any atom is -0.490 e. The lowest BCUT2D eigenvalue weighted by Gasteiger charge is -2.12. The maximum atomic E-state index is 12.7. The predicted octanol–water partition coefficient (Wildman–Crippen LogP) is 6.94. The number of amides is 2. The van der Waals surface area contributed by atoms with Crippen LogP contribution in [0.5, 0.6) is 11.5 Å². The monoisotopic (exact) mass is 589 g/mol. The number of hydrogen-bond donors (Lipinski definition) is 2. The second kappa shape index (κ2) is 13.6. The Morgan fingerprint density at radius 1 is 0.854 bits per heavy atom. The molecule has 0 unspecified atom stereocenters. The van der Waals surface area contributed by atoms with E-state index in [9.17, 15) is 14.4 Å². The van der Waals surface area contributed by atoms with Crippen LogP contribution in [-0.4, -0.2) is 30.6 Å². The lowest BCUT2D eigenvalue weighted by atomic mass is 10.1. The summed E-state index contributed by atoms with van der Waals surface area (Å²) in [5.74, 6) is -0.923. The first-order chi connectivity index (χ1) is 19.7. The molecule has 2 amide bonds. The molecular weight excluding hydrogens is 565 g/mol. The van der Waals surface area contributed by atoms with Crippen molar-refractivity contribution in [1.29, 1.82) is 0 Å². The number of halogens is 2. The Morgan fingerprint density at radius 2 is 1.61 bits per heavy atom. The van der Waals surface area contributed by atoms with Gasteiger partial charge < -0.3 is 14.8 Å². The van der Waals surface area contributed by atoms with Crippen LogP contribution < -0.4 is 20.2 Å². The van der Waals surface area contributed by atoms with Crippen LogP contribution in [0.15, 0.2) is 90.0 Å². The van der Waals surface area contributed by atoms with Crippen LogP contribution in [0.1, 0.15) is 49.1 Å². The fourth-order valence-electron chi connectivity index (χ4n) is 3.73. The van der Waals surface area contributed by atoms with Gasteiger partial charge in [0.25, 0.3) is 11.8 Å². The fourth-order valence-corrected chi connectivity index (χ4v) is 4.21. The molecule has 0 spiro atoms. The van der Waals surface area contributed by atoms with E-state index in [1.165, 1.54) is 18.3 Å². The third-order valence-electron chi connectivity index (χ3n) is 5.66. The molecule has 8 nitrogen and oxygen atoms in total. The molecule has 0 radical (unpaired) electrons. The van der Waals surface area contributed by atoms with E-state index in [2.05, 4.69) is 15.8 Å². The predicted molar refractivity (Wildman–Crippen MR) is 160 cm³/mol. The Morgan fingerprint density at radius 3 is 2.34 bits per heavy atom. The number of nitrogens with zero attached hydrogens (tertiary/aromatic N) is 1. The number of esters is 1. The maximum Gasteiger partial charge on any atom is 0.345 e. The molecule has 0 saturated heterocycles. The molecule has 41 heavy (non-hydrogen) atoms. The van der Waals surface area contributed by atoms with Gasteiger partial charge in [0.05, 0.1) is 23.4 Å². The first-order valence-corrected chi connectivity index (χ1v) is 13.2. The van der Waals surface area contributed by atoms with Crippen LogP contribution in [0.2, 0.25) is 10.0 Å². The second-order valence-corrected chi connectivity index (χ2v) is 9.60. The van der Waals surface area contributed by atoms with E-state index in [0.29, 0.717) is 39.8 Å². The molecule has 10 heteroatoms. The van der Waals surface area contributed by atoms with Gasteiger partial charge in [-0.05, 0) is 86.1 Å². The van der Waals surface area contributed by atoms with Gasteiger partial charge in [0.15, 0.2) is 11.5 Å². The first kappa shape index (κ1) is 29.3. The number of carbonyl (C=O) groups is 3. The normalized spacial score (nSPS) is 10.7. The molecule has 0 aliphatic rings. The van der Waals surface area contributed by atoms with Gasteiger partial charge in [0.1, 0.15) is 0 Å². The number of benzene rings is 4. The molecule has 0 atom stereocenters. The molecule has 0 bridgehead atoms. The number of carbonyl (C=O) groups excluding carboxylic acids is 3. The summed E-state index contributed by atoms with van der Waals surface area (Å²) in [4.78, 5) is 37.9. The number of rotatable bonds is 9. The summed E-state index contributed by atoms with van der Waals surface area (Å²) in [6, 6.07) is 23.0. The summed E-state index contributed by atoms with van der Waals surface area (Å²) < 4.78 is 11.1. The quantitative estimate of drug-likeness (QED) is 0.0952. The minimum atomic E-state index is -0.668.